The van der Waals surface area contributed by atoms with Gasteiger partial charge in [-0.25, -0.2) is 9.48 Å². The molecule has 1 aromatic heterocycles. The lowest BCUT2D eigenvalue weighted by Crippen LogP contribution is -2.35. The summed E-state index contributed by atoms with van der Waals surface area (Å²) >= 11 is 0. The monoisotopic (exact) mass is 249 g/mol. The standard InChI is InChI=1S/C13H19N3O2/c1-2-18-13(17)10-8-15-16-11-6-4-3-5-9(11)7-14-12(10)16/h8-9,11,14H,2-7H2,1H3. The van der Waals surface area contributed by atoms with E-state index in [1.807, 2.05) is 11.6 Å². The van der Waals surface area contributed by atoms with Gasteiger partial charge >= 0.3 is 5.97 Å². The first-order valence-electron chi connectivity index (χ1n) is 6.79. The Bertz CT molecular complexity index is 455. The Morgan fingerprint density at radius 3 is 3.22 bits per heavy atom. The van der Waals surface area contributed by atoms with Crippen molar-refractivity contribution >= 4 is 11.8 Å². The van der Waals surface area contributed by atoms with Crippen molar-refractivity contribution in [3.63, 3.8) is 0 Å². The van der Waals surface area contributed by atoms with Crippen LogP contribution in [0.5, 0.6) is 0 Å². The predicted molar refractivity (Wildman–Crippen MR) is 67.7 cm³/mol. The molecule has 0 amide bonds. The van der Waals surface area contributed by atoms with Crippen molar-refractivity contribution in [2.75, 3.05) is 18.5 Å². The van der Waals surface area contributed by atoms with E-state index in [-0.39, 0.29) is 5.97 Å². The fraction of sp³-hybridized carbons (Fsp3) is 0.692. The van der Waals surface area contributed by atoms with Gasteiger partial charge in [0.2, 0.25) is 0 Å². The van der Waals surface area contributed by atoms with E-state index in [2.05, 4.69) is 10.4 Å². The molecule has 1 N–H and O–H groups in total. The molecule has 1 aliphatic carbocycles. The fourth-order valence-corrected chi connectivity index (χ4v) is 3.12. The molecule has 98 valence electrons. The van der Waals surface area contributed by atoms with E-state index in [1.54, 1.807) is 6.20 Å². The van der Waals surface area contributed by atoms with Crippen LogP contribution in [0.25, 0.3) is 0 Å². The highest BCUT2D eigenvalue weighted by Crippen LogP contribution is 2.39. The summed E-state index contributed by atoms with van der Waals surface area (Å²) in [5.41, 5.74) is 0.570. The number of carbonyl (C=O) groups excluding carboxylic acids is 1. The molecule has 2 aliphatic rings. The highest BCUT2D eigenvalue weighted by atomic mass is 16.5. The maximum Gasteiger partial charge on any atom is 0.343 e. The number of fused-ring (bicyclic) bond motifs is 3. The van der Waals surface area contributed by atoms with Crippen LogP contribution in [0.15, 0.2) is 6.20 Å². The van der Waals surface area contributed by atoms with Crippen LogP contribution < -0.4 is 5.32 Å². The Morgan fingerprint density at radius 2 is 2.39 bits per heavy atom. The number of anilines is 1. The maximum absolute atomic E-state index is 11.8. The van der Waals surface area contributed by atoms with Crippen LogP contribution in [0.4, 0.5) is 5.82 Å². The Balaban J connectivity index is 1.90. The van der Waals surface area contributed by atoms with Gasteiger partial charge in [0, 0.05) is 6.54 Å². The van der Waals surface area contributed by atoms with Gasteiger partial charge in [0.15, 0.2) is 0 Å². The molecule has 0 saturated heterocycles. The van der Waals surface area contributed by atoms with Gasteiger partial charge in [-0.2, -0.15) is 5.10 Å². The predicted octanol–water partition coefficient (Wildman–Crippen LogP) is 2.22. The number of nitrogens with one attached hydrogen (secondary N) is 1. The number of rotatable bonds is 2. The van der Waals surface area contributed by atoms with Crippen LogP contribution in [-0.2, 0) is 4.74 Å². The van der Waals surface area contributed by atoms with E-state index >= 15 is 0 Å². The molecule has 1 fully saturated rings. The van der Waals surface area contributed by atoms with Crippen molar-refractivity contribution in [1.29, 1.82) is 0 Å². The van der Waals surface area contributed by atoms with Crippen LogP contribution in [0.1, 0.15) is 49.0 Å². The lowest BCUT2D eigenvalue weighted by Gasteiger charge is -2.37. The van der Waals surface area contributed by atoms with Gasteiger partial charge in [-0.15, -0.1) is 0 Å². The largest absolute Gasteiger partial charge is 0.462 e. The van der Waals surface area contributed by atoms with E-state index in [1.165, 1.54) is 25.7 Å². The first-order chi connectivity index (χ1) is 8.81. The Kier molecular flexibility index (Phi) is 2.97. The van der Waals surface area contributed by atoms with Gasteiger partial charge in [0.05, 0.1) is 18.8 Å². The minimum Gasteiger partial charge on any atom is -0.462 e. The molecule has 2 unspecified atom stereocenters. The number of aromatic nitrogens is 2. The van der Waals surface area contributed by atoms with Gasteiger partial charge in [0.25, 0.3) is 0 Å². The third-order valence-electron chi connectivity index (χ3n) is 4.01. The molecule has 3 rings (SSSR count). The number of hydrogen-bond acceptors (Lipinski definition) is 4. The Morgan fingerprint density at radius 1 is 1.56 bits per heavy atom. The molecule has 1 aliphatic heterocycles. The quantitative estimate of drug-likeness (QED) is 0.816. The second kappa shape index (κ2) is 4.63. The summed E-state index contributed by atoms with van der Waals surface area (Å²) in [5.74, 6) is 1.22. The van der Waals surface area contributed by atoms with Crippen molar-refractivity contribution in [3.8, 4) is 0 Å². The van der Waals surface area contributed by atoms with E-state index in [9.17, 15) is 4.79 Å². The van der Waals surface area contributed by atoms with Crippen molar-refractivity contribution in [2.45, 2.75) is 38.6 Å². The third kappa shape index (κ3) is 1.78. The fourth-order valence-electron chi connectivity index (χ4n) is 3.12. The number of esters is 1. The molecule has 1 saturated carbocycles. The lowest BCUT2D eigenvalue weighted by atomic mass is 9.83. The van der Waals surface area contributed by atoms with E-state index < -0.39 is 0 Å². The van der Waals surface area contributed by atoms with Crippen molar-refractivity contribution in [2.24, 2.45) is 5.92 Å². The molecule has 18 heavy (non-hydrogen) atoms. The summed E-state index contributed by atoms with van der Waals surface area (Å²) < 4.78 is 7.06. The van der Waals surface area contributed by atoms with Gasteiger partial charge in [-0.05, 0) is 25.7 Å². The summed E-state index contributed by atoms with van der Waals surface area (Å²) in [6.45, 7) is 3.16. The second-order valence-corrected chi connectivity index (χ2v) is 5.06. The minimum absolute atomic E-state index is 0.277. The highest BCUT2D eigenvalue weighted by molar-refractivity contribution is 5.94. The zero-order valence-corrected chi connectivity index (χ0v) is 10.7. The summed E-state index contributed by atoms with van der Waals surface area (Å²) in [5, 5.41) is 7.75. The molecule has 0 radical (unpaired) electrons. The van der Waals surface area contributed by atoms with Gasteiger partial charge in [-0.1, -0.05) is 12.8 Å². The van der Waals surface area contributed by atoms with Crippen LogP contribution in [0.2, 0.25) is 0 Å². The smallest absolute Gasteiger partial charge is 0.343 e. The second-order valence-electron chi connectivity index (χ2n) is 5.06. The molecule has 0 spiro atoms. The van der Waals surface area contributed by atoms with Crippen LogP contribution in [0.3, 0.4) is 0 Å². The SMILES string of the molecule is CCOC(=O)c1cnn2c1NCC1CCCCC12. The zero-order valence-electron chi connectivity index (χ0n) is 10.7. The van der Waals surface area contributed by atoms with Gasteiger partial charge < -0.3 is 10.1 Å². The van der Waals surface area contributed by atoms with E-state index in [0.717, 1.165) is 12.4 Å². The van der Waals surface area contributed by atoms with Gasteiger partial charge in [-0.3, -0.25) is 0 Å². The number of nitrogens with zero attached hydrogens (tertiary/aromatic N) is 2. The molecule has 2 heterocycles. The average Bonchev–Trinajstić information content (AvgIpc) is 2.83. The minimum atomic E-state index is -0.277. The third-order valence-corrected chi connectivity index (χ3v) is 4.01. The first-order valence-corrected chi connectivity index (χ1v) is 6.79. The number of ether oxygens (including phenoxy) is 1. The van der Waals surface area contributed by atoms with E-state index in [4.69, 9.17) is 4.74 Å². The number of hydrogen-bond donors (Lipinski definition) is 1. The lowest BCUT2D eigenvalue weighted by molar-refractivity contribution is 0.0527. The molecule has 5 nitrogen and oxygen atoms in total. The van der Waals surface area contributed by atoms with Crippen molar-refractivity contribution < 1.29 is 9.53 Å². The van der Waals surface area contributed by atoms with Crippen LogP contribution in [-0.4, -0.2) is 28.9 Å². The summed E-state index contributed by atoms with van der Waals surface area (Å²) in [6.07, 6.45) is 6.63. The van der Waals surface area contributed by atoms with Crippen molar-refractivity contribution in [3.05, 3.63) is 11.8 Å². The molecule has 0 bridgehead atoms. The van der Waals surface area contributed by atoms with Gasteiger partial charge in [0.1, 0.15) is 11.4 Å². The summed E-state index contributed by atoms with van der Waals surface area (Å²) in [6, 6.07) is 0.457. The maximum atomic E-state index is 11.8. The first kappa shape index (κ1) is 11.6. The molecule has 1 aromatic rings. The molecular weight excluding hydrogens is 230 g/mol. The zero-order chi connectivity index (χ0) is 12.5. The number of carbonyl (C=O) groups is 1. The van der Waals surface area contributed by atoms with E-state index in [0.29, 0.717) is 24.1 Å². The normalized spacial score (nSPS) is 25.8. The van der Waals surface area contributed by atoms with Crippen LogP contribution >= 0.6 is 0 Å². The summed E-state index contributed by atoms with van der Waals surface area (Å²) in [7, 11) is 0. The molecular formula is C13H19N3O2. The Labute approximate surface area is 107 Å². The topological polar surface area (TPSA) is 56.1 Å². The summed E-state index contributed by atoms with van der Waals surface area (Å²) in [4.78, 5) is 11.8. The average molecular weight is 249 g/mol. The van der Waals surface area contributed by atoms with Crippen LogP contribution in [0, 0.1) is 5.92 Å². The molecule has 0 aromatic carbocycles. The van der Waals surface area contributed by atoms with Crippen molar-refractivity contribution in [1.82, 2.24) is 9.78 Å². The Hall–Kier alpha value is -1.52. The highest BCUT2D eigenvalue weighted by Gasteiger charge is 2.34. The molecule has 5 heteroatoms. The molecule has 2 atom stereocenters.